The van der Waals surface area contributed by atoms with E-state index in [1.165, 1.54) is 14.1 Å². The highest BCUT2D eigenvalue weighted by molar-refractivity contribution is 5.86. The Morgan fingerprint density at radius 2 is 1.92 bits per heavy atom. The average Bonchev–Trinajstić information content (AvgIpc) is 2.07. The molecule has 0 radical (unpaired) electrons. The summed E-state index contributed by atoms with van der Waals surface area (Å²) < 4.78 is 1.80. The predicted molar refractivity (Wildman–Crippen MR) is 43.9 cm³/mol. The summed E-state index contributed by atoms with van der Waals surface area (Å²) in [4.78, 5) is 32.8. The predicted octanol–water partition coefficient (Wildman–Crippen LogP) is -1.22. The van der Waals surface area contributed by atoms with Gasteiger partial charge in [0.15, 0.2) is 0 Å². The van der Waals surface area contributed by atoms with Gasteiger partial charge < -0.3 is 9.67 Å². The number of carboxylic acids is 1. The first kappa shape index (κ1) is 9.24. The van der Waals surface area contributed by atoms with Crippen LogP contribution in [0.5, 0.6) is 0 Å². The number of carboxylic acid groups (broad SMARTS) is 1. The van der Waals surface area contributed by atoms with Crippen molar-refractivity contribution in [3.8, 4) is 0 Å². The number of aryl methyl sites for hydroxylation is 1. The van der Waals surface area contributed by atoms with Crippen molar-refractivity contribution < 1.29 is 9.90 Å². The highest BCUT2D eigenvalue weighted by Gasteiger charge is 2.12. The van der Waals surface area contributed by atoms with Crippen LogP contribution in [-0.2, 0) is 14.1 Å². The maximum Gasteiger partial charge on any atom is 0.342 e. The number of aromatic carboxylic acids is 1. The lowest BCUT2D eigenvalue weighted by molar-refractivity contribution is 0.0693. The lowest BCUT2D eigenvalue weighted by Crippen LogP contribution is -2.39. The number of hydrogen-bond acceptors (Lipinski definition) is 3. The van der Waals surface area contributed by atoms with E-state index < -0.39 is 22.8 Å². The van der Waals surface area contributed by atoms with Crippen LogP contribution in [0.25, 0.3) is 0 Å². The summed E-state index contributed by atoms with van der Waals surface area (Å²) in [6.45, 7) is 0. The third kappa shape index (κ3) is 1.37. The lowest BCUT2D eigenvalue weighted by atomic mass is 10.3. The molecule has 13 heavy (non-hydrogen) atoms. The minimum absolute atomic E-state index is 0.412. The topological polar surface area (TPSA) is 81.3 Å². The van der Waals surface area contributed by atoms with Crippen molar-refractivity contribution in [2.45, 2.75) is 0 Å². The van der Waals surface area contributed by atoms with Gasteiger partial charge in [-0.3, -0.25) is 9.36 Å². The van der Waals surface area contributed by atoms with Gasteiger partial charge in [0.05, 0.1) is 0 Å². The molecule has 0 aliphatic rings. The summed E-state index contributed by atoms with van der Waals surface area (Å²) in [6.07, 6.45) is 1.01. The fourth-order valence-corrected chi connectivity index (χ4v) is 0.955. The van der Waals surface area contributed by atoms with E-state index >= 15 is 0 Å². The van der Waals surface area contributed by atoms with Crippen molar-refractivity contribution in [3.63, 3.8) is 0 Å². The first-order valence-electron chi connectivity index (χ1n) is 3.45. The second kappa shape index (κ2) is 2.89. The summed E-state index contributed by atoms with van der Waals surface area (Å²) in [5.41, 5.74) is -1.75. The molecule has 0 saturated carbocycles. The van der Waals surface area contributed by atoms with Gasteiger partial charge in [-0.05, 0) is 0 Å². The second-order valence-electron chi connectivity index (χ2n) is 2.61. The Labute approximate surface area is 72.7 Å². The Hall–Kier alpha value is -1.85. The van der Waals surface area contributed by atoms with Crippen LogP contribution in [0.3, 0.4) is 0 Å². The maximum absolute atomic E-state index is 11.2. The Morgan fingerprint density at radius 1 is 1.38 bits per heavy atom. The molecule has 0 spiro atoms. The van der Waals surface area contributed by atoms with Gasteiger partial charge in [0.25, 0.3) is 5.56 Å². The fraction of sp³-hybridized carbons (Fsp3) is 0.286. The highest BCUT2D eigenvalue weighted by atomic mass is 16.4. The molecular weight excluding hydrogens is 176 g/mol. The standard InChI is InChI=1S/C7H8N2O4/c1-8-3-4(6(11)12)5(10)9(2)7(8)13/h3H,1-2H3,(H,11,12). The Morgan fingerprint density at radius 3 is 2.38 bits per heavy atom. The molecule has 0 saturated heterocycles. The van der Waals surface area contributed by atoms with E-state index in [2.05, 4.69) is 0 Å². The average molecular weight is 184 g/mol. The van der Waals surface area contributed by atoms with Gasteiger partial charge in [-0.25, -0.2) is 9.59 Å². The van der Waals surface area contributed by atoms with Crippen LogP contribution >= 0.6 is 0 Å². The number of carbonyl (C=O) groups is 1. The SMILES string of the molecule is Cn1cc(C(=O)O)c(=O)n(C)c1=O. The van der Waals surface area contributed by atoms with E-state index in [1.54, 1.807) is 0 Å². The normalized spacial score (nSPS) is 10.0. The molecule has 1 rings (SSSR count). The van der Waals surface area contributed by atoms with Gasteiger partial charge in [0.2, 0.25) is 0 Å². The largest absolute Gasteiger partial charge is 0.477 e. The number of hydrogen-bond donors (Lipinski definition) is 1. The maximum atomic E-state index is 11.2. The first-order chi connectivity index (χ1) is 5.95. The zero-order valence-corrected chi connectivity index (χ0v) is 7.14. The highest BCUT2D eigenvalue weighted by Crippen LogP contribution is 1.85. The van der Waals surface area contributed by atoms with Gasteiger partial charge in [0, 0.05) is 20.3 Å². The molecular formula is C7H8N2O4. The third-order valence-corrected chi connectivity index (χ3v) is 1.68. The van der Waals surface area contributed by atoms with Crippen LogP contribution in [0.15, 0.2) is 15.8 Å². The quantitative estimate of drug-likeness (QED) is 0.593. The van der Waals surface area contributed by atoms with Gasteiger partial charge in [-0.2, -0.15) is 0 Å². The molecule has 1 aromatic rings. The molecule has 0 atom stereocenters. The molecule has 6 heteroatoms. The van der Waals surface area contributed by atoms with Gasteiger partial charge in [-0.15, -0.1) is 0 Å². The van der Waals surface area contributed by atoms with Gasteiger partial charge in [0.1, 0.15) is 5.56 Å². The molecule has 0 aromatic carbocycles. The van der Waals surface area contributed by atoms with Crippen molar-refractivity contribution in [1.29, 1.82) is 0 Å². The Kier molecular flexibility index (Phi) is 2.05. The molecule has 70 valence electrons. The van der Waals surface area contributed by atoms with Crippen LogP contribution in [0.1, 0.15) is 10.4 Å². The second-order valence-corrected chi connectivity index (χ2v) is 2.61. The number of rotatable bonds is 1. The molecule has 0 aliphatic heterocycles. The van der Waals surface area contributed by atoms with Crippen molar-refractivity contribution >= 4 is 5.97 Å². The number of nitrogens with zero attached hydrogens (tertiary/aromatic N) is 2. The van der Waals surface area contributed by atoms with Crippen LogP contribution < -0.4 is 11.2 Å². The smallest absolute Gasteiger partial charge is 0.342 e. The molecule has 1 aromatic heterocycles. The molecule has 0 aliphatic carbocycles. The third-order valence-electron chi connectivity index (χ3n) is 1.68. The fourth-order valence-electron chi connectivity index (χ4n) is 0.955. The molecule has 0 bridgehead atoms. The molecule has 0 fully saturated rings. The Balaban J connectivity index is 3.70. The summed E-state index contributed by atoms with van der Waals surface area (Å²) in [7, 11) is 2.62. The monoisotopic (exact) mass is 184 g/mol. The van der Waals surface area contributed by atoms with Crippen molar-refractivity contribution in [2.24, 2.45) is 14.1 Å². The van der Waals surface area contributed by atoms with E-state index in [1.807, 2.05) is 0 Å². The van der Waals surface area contributed by atoms with Crippen LogP contribution in [-0.4, -0.2) is 20.2 Å². The van der Waals surface area contributed by atoms with E-state index in [0.29, 0.717) is 0 Å². The van der Waals surface area contributed by atoms with Crippen LogP contribution in [0.2, 0.25) is 0 Å². The van der Waals surface area contributed by atoms with Gasteiger partial charge >= 0.3 is 11.7 Å². The summed E-state index contributed by atoms with van der Waals surface area (Å²) in [5.74, 6) is -1.34. The molecule has 1 heterocycles. The summed E-state index contributed by atoms with van der Waals surface area (Å²) in [6, 6.07) is 0. The van der Waals surface area contributed by atoms with E-state index in [0.717, 1.165) is 15.3 Å². The summed E-state index contributed by atoms with van der Waals surface area (Å²) >= 11 is 0. The number of aromatic nitrogens is 2. The van der Waals surface area contributed by atoms with Gasteiger partial charge in [-0.1, -0.05) is 0 Å². The Bertz CT molecular complexity index is 468. The van der Waals surface area contributed by atoms with E-state index in [9.17, 15) is 14.4 Å². The molecule has 0 amide bonds. The molecule has 0 unspecified atom stereocenters. The zero-order chi connectivity index (χ0) is 10.2. The first-order valence-corrected chi connectivity index (χ1v) is 3.45. The zero-order valence-electron chi connectivity index (χ0n) is 7.14. The lowest BCUT2D eigenvalue weighted by Gasteiger charge is -2.02. The van der Waals surface area contributed by atoms with Crippen molar-refractivity contribution in [3.05, 3.63) is 32.6 Å². The molecule has 1 N–H and O–H groups in total. The minimum atomic E-state index is -1.34. The van der Waals surface area contributed by atoms with Crippen LogP contribution in [0, 0.1) is 0 Å². The van der Waals surface area contributed by atoms with Crippen molar-refractivity contribution in [2.75, 3.05) is 0 Å². The van der Waals surface area contributed by atoms with Crippen molar-refractivity contribution in [1.82, 2.24) is 9.13 Å². The summed E-state index contributed by atoms with van der Waals surface area (Å²) in [5, 5.41) is 8.58. The van der Waals surface area contributed by atoms with E-state index in [-0.39, 0.29) is 0 Å². The van der Waals surface area contributed by atoms with E-state index in [4.69, 9.17) is 5.11 Å². The van der Waals surface area contributed by atoms with Crippen LogP contribution in [0.4, 0.5) is 0 Å². The molecule has 6 nitrogen and oxygen atoms in total. The minimum Gasteiger partial charge on any atom is -0.477 e.